The number of nitrogens with zero attached hydrogens (tertiary/aromatic N) is 4. The molecule has 0 bridgehead atoms. The molecule has 3 rings (SSSR count). The molecule has 0 saturated carbocycles. The number of para-hydroxylation sites is 1. The first-order valence-electron chi connectivity index (χ1n) is 11.0. The molecule has 31 heavy (non-hydrogen) atoms. The van der Waals surface area contributed by atoms with Crippen LogP contribution in [0.2, 0.25) is 0 Å². The fraction of sp³-hybridized carbons (Fsp3) is 0.542. The molecule has 0 radical (unpaired) electrons. The van der Waals surface area contributed by atoms with E-state index >= 15 is 0 Å². The van der Waals surface area contributed by atoms with Crippen molar-refractivity contribution in [3.63, 3.8) is 0 Å². The molecule has 2 amide bonds. The first-order valence-corrected chi connectivity index (χ1v) is 11.0. The Bertz CT molecular complexity index is 896. The molecule has 7 heteroatoms. The van der Waals surface area contributed by atoms with Crippen LogP contribution in [0.3, 0.4) is 0 Å². The summed E-state index contributed by atoms with van der Waals surface area (Å²) in [6.07, 6.45) is 1.37. The van der Waals surface area contributed by atoms with Gasteiger partial charge in [-0.2, -0.15) is 5.10 Å². The Kier molecular flexibility index (Phi) is 7.15. The van der Waals surface area contributed by atoms with Gasteiger partial charge in [0.1, 0.15) is 0 Å². The number of amides is 2. The molecule has 0 unspecified atom stereocenters. The van der Waals surface area contributed by atoms with Crippen LogP contribution in [0.4, 0.5) is 0 Å². The van der Waals surface area contributed by atoms with Crippen molar-refractivity contribution >= 4 is 11.8 Å². The first-order chi connectivity index (χ1) is 14.7. The third kappa shape index (κ3) is 5.94. The van der Waals surface area contributed by atoms with E-state index in [9.17, 15) is 9.59 Å². The van der Waals surface area contributed by atoms with E-state index < -0.39 is 0 Å². The number of piperidine rings is 1. The van der Waals surface area contributed by atoms with Crippen LogP contribution in [0.1, 0.15) is 42.9 Å². The van der Waals surface area contributed by atoms with E-state index in [1.807, 2.05) is 62.3 Å². The van der Waals surface area contributed by atoms with Crippen LogP contribution < -0.4 is 5.32 Å². The lowest BCUT2D eigenvalue weighted by atomic mass is 9.91. The summed E-state index contributed by atoms with van der Waals surface area (Å²) >= 11 is 0. The van der Waals surface area contributed by atoms with Gasteiger partial charge in [-0.25, -0.2) is 4.68 Å². The van der Waals surface area contributed by atoms with Gasteiger partial charge in [-0.1, -0.05) is 32.0 Å². The molecule has 1 N–H and O–H groups in total. The summed E-state index contributed by atoms with van der Waals surface area (Å²) in [5.41, 5.74) is 2.33. The molecular weight excluding hydrogens is 390 g/mol. The maximum Gasteiger partial charge on any atom is 0.274 e. The lowest BCUT2D eigenvalue weighted by molar-refractivity contribution is -0.126. The predicted molar refractivity (Wildman–Crippen MR) is 122 cm³/mol. The minimum Gasteiger partial charge on any atom is -0.355 e. The van der Waals surface area contributed by atoms with Gasteiger partial charge in [0.15, 0.2) is 5.69 Å². The van der Waals surface area contributed by atoms with Gasteiger partial charge in [0.05, 0.1) is 5.69 Å². The van der Waals surface area contributed by atoms with E-state index in [0.717, 1.165) is 17.9 Å². The molecule has 2 aromatic rings. The van der Waals surface area contributed by atoms with E-state index in [2.05, 4.69) is 29.2 Å². The number of carbonyl (C=O) groups is 2. The van der Waals surface area contributed by atoms with Gasteiger partial charge in [0, 0.05) is 37.8 Å². The van der Waals surface area contributed by atoms with Crippen molar-refractivity contribution in [3.8, 4) is 5.69 Å². The summed E-state index contributed by atoms with van der Waals surface area (Å²) in [5.74, 6) is -0.00490. The minimum atomic E-state index is -0.0660. The Hall–Kier alpha value is -2.67. The van der Waals surface area contributed by atoms with Crippen LogP contribution in [0.25, 0.3) is 5.69 Å². The number of hydrogen-bond donors (Lipinski definition) is 1. The van der Waals surface area contributed by atoms with Crippen molar-refractivity contribution in [1.82, 2.24) is 24.9 Å². The SMILES string of the molecule is Cc1cc(C(=O)N2CCC(C(=O)NCC(C)(C)CN(C)C)CC2)nn1-c1ccccc1. The molecule has 2 heterocycles. The average molecular weight is 426 g/mol. The van der Waals surface area contributed by atoms with Crippen molar-refractivity contribution < 1.29 is 9.59 Å². The van der Waals surface area contributed by atoms with Crippen LogP contribution in [0, 0.1) is 18.3 Å². The van der Waals surface area contributed by atoms with Crippen molar-refractivity contribution in [1.29, 1.82) is 0 Å². The molecule has 0 atom stereocenters. The largest absolute Gasteiger partial charge is 0.355 e. The summed E-state index contributed by atoms with van der Waals surface area (Å²) < 4.78 is 1.79. The second-order valence-electron chi connectivity index (χ2n) is 9.60. The summed E-state index contributed by atoms with van der Waals surface area (Å²) in [5, 5.41) is 7.65. The van der Waals surface area contributed by atoms with E-state index in [1.165, 1.54) is 0 Å². The van der Waals surface area contributed by atoms with Gasteiger partial charge in [-0.05, 0) is 57.5 Å². The van der Waals surface area contributed by atoms with Gasteiger partial charge in [0.2, 0.25) is 5.91 Å². The fourth-order valence-corrected chi connectivity index (χ4v) is 4.30. The predicted octanol–water partition coefficient (Wildman–Crippen LogP) is 2.74. The lowest BCUT2D eigenvalue weighted by Gasteiger charge is -2.32. The smallest absolute Gasteiger partial charge is 0.274 e. The monoisotopic (exact) mass is 425 g/mol. The Balaban J connectivity index is 1.54. The minimum absolute atomic E-state index is 0.0191. The fourth-order valence-electron chi connectivity index (χ4n) is 4.30. The third-order valence-corrected chi connectivity index (χ3v) is 5.75. The Morgan fingerprint density at radius 1 is 1.16 bits per heavy atom. The Labute approximate surface area is 185 Å². The molecule has 0 spiro atoms. The van der Waals surface area contributed by atoms with Crippen LogP contribution in [0.15, 0.2) is 36.4 Å². The molecule has 1 aromatic heterocycles. The van der Waals surface area contributed by atoms with Crippen LogP contribution in [0.5, 0.6) is 0 Å². The summed E-state index contributed by atoms with van der Waals surface area (Å²) in [6, 6.07) is 11.6. The molecular formula is C24H35N5O2. The number of aromatic nitrogens is 2. The second-order valence-corrected chi connectivity index (χ2v) is 9.60. The highest BCUT2D eigenvalue weighted by atomic mass is 16.2. The van der Waals surface area contributed by atoms with Crippen molar-refractivity contribution in [2.45, 2.75) is 33.6 Å². The van der Waals surface area contributed by atoms with Crippen LogP contribution in [-0.4, -0.2) is 71.7 Å². The van der Waals surface area contributed by atoms with Gasteiger partial charge < -0.3 is 15.1 Å². The Morgan fingerprint density at radius 2 is 1.81 bits per heavy atom. The molecule has 1 aromatic carbocycles. The lowest BCUT2D eigenvalue weighted by Crippen LogP contribution is -2.46. The summed E-state index contributed by atoms with van der Waals surface area (Å²) in [6.45, 7) is 8.99. The number of nitrogens with one attached hydrogen (secondary N) is 1. The third-order valence-electron chi connectivity index (χ3n) is 5.75. The van der Waals surface area contributed by atoms with E-state index in [-0.39, 0.29) is 23.1 Å². The zero-order valence-electron chi connectivity index (χ0n) is 19.4. The number of rotatable bonds is 7. The number of benzene rings is 1. The Morgan fingerprint density at radius 3 is 2.42 bits per heavy atom. The van der Waals surface area contributed by atoms with E-state index in [0.29, 0.717) is 38.2 Å². The van der Waals surface area contributed by atoms with E-state index in [4.69, 9.17) is 0 Å². The molecule has 0 aliphatic carbocycles. The highest BCUT2D eigenvalue weighted by molar-refractivity contribution is 5.92. The van der Waals surface area contributed by atoms with Gasteiger partial charge >= 0.3 is 0 Å². The van der Waals surface area contributed by atoms with Crippen molar-refractivity contribution in [2.75, 3.05) is 40.3 Å². The molecule has 1 aliphatic heterocycles. The average Bonchev–Trinajstić information content (AvgIpc) is 3.13. The van der Waals surface area contributed by atoms with Crippen molar-refractivity contribution in [2.24, 2.45) is 11.3 Å². The van der Waals surface area contributed by atoms with Crippen LogP contribution in [-0.2, 0) is 4.79 Å². The standard InChI is InChI=1S/C24H35N5O2/c1-18-15-21(26-29(18)20-9-7-6-8-10-20)23(31)28-13-11-19(12-14-28)22(30)25-16-24(2,3)17-27(4)5/h6-10,15,19H,11-14,16-17H2,1-5H3,(H,25,30). The maximum absolute atomic E-state index is 13.0. The van der Waals surface area contributed by atoms with Gasteiger partial charge in [-0.3, -0.25) is 9.59 Å². The summed E-state index contributed by atoms with van der Waals surface area (Å²) in [4.78, 5) is 29.6. The molecule has 1 saturated heterocycles. The van der Waals surface area contributed by atoms with Gasteiger partial charge in [-0.15, -0.1) is 0 Å². The van der Waals surface area contributed by atoms with Gasteiger partial charge in [0.25, 0.3) is 5.91 Å². The van der Waals surface area contributed by atoms with E-state index in [1.54, 1.807) is 4.68 Å². The zero-order valence-corrected chi connectivity index (χ0v) is 19.4. The number of likely N-dealkylation sites (tertiary alicyclic amines) is 1. The highest BCUT2D eigenvalue weighted by Gasteiger charge is 2.30. The maximum atomic E-state index is 13.0. The second kappa shape index (κ2) is 9.64. The number of aryl methyl sites for hydroxylation is 1. The van der Waals surface area contributed by atoms with Crippen LogP contribution >= 0.6 is 0 Å². The zero-order chi connectivity index (χ0) is 22.6. The van der Waals surface area contributed by atoms with Crippen molar-refractivity contribution in [3.05, 3.63) is 47.8 Å². The topological polar surface area (TPSA) is 70.5 Å². The highest BCUT2D eigenvalue weighted by Crippen LogP contribution is 2.21. The normalized spacial score (nSPS) is 15.4. The molecule has 7 nitrogen and oxygen atoms in total. The molecule has 168 valence electrons. The first kappa shape index (κ1) is 23.0. The molecule has 1 fully saturated rings. The number of carbonyl (C=O) groups excluding carboxylic acids is 2. The quantitative estimate of drug-likeness (QED) is 0.741. The summed E-state index contributed by atoms with van der Waals surface area (Å²) in [7, 11) is 4.08. The molecule has 1 aliphatic rings. The number of hydrogen-bond acceptors (Lipinski definition) is 4.